The average Bonchev–Trinajstić information content (AvgIpc) is 2.76. The molecule has 0 aromatic heterocycles. The van der Waals surface area contributed by atoms with Crippen LogP contribution in [0.25, 0.3) is 0 Å². The number of non-ortho nitro benzene ring substituents is 1. The maximum Gasteiger partial charge on any atom is 0.269 e. The van der Waals surface area contributed by atoms with Crippen LogP contribution in [0.1, 0.15) is 0 Å². The van der Waals surface area contributed by atoms with E-state index in [1.807, 2.05) is 48.5 Å². The maximum atomic E-state index is 10.8. The minimum Gasteiger partial charge on any atom is -0.497 e. The van der Waals surface area contributed by atoms with Crippen LogP contribution in [0.4, 0.5) is 28.4 Å². The summed E-state index contributed by atoms with van der Waals surface area (Å²) in [4.78, 5) is 10.3. The highest BCUT2D eigenvalue weighted by atomic mass is 32.1. The summed E-state index contributed by atoms with van der Waals surface area (Å²) in [6.07, 6.45) is 0. The van der Waals surface area contributed by atoms with Crippen molar-refractivity contribution in [2.45, 2.75) is 0 Å². The lowest BCUT2D eigenvalue weighted by Crippen LogP contribution is -2.22. The predicted octanol–water partition coefficient (Wildman–Crippen LogP) is 5.22. The lowest BCUT2D eigenvalue weighted by molar-refractivity contribution is -0.384. The molecule has 8 nitrogen and oxygen atoms in total. The van der Waals surface area contributed by atoms with E-state index in [1.54, 1.807) is 19.2 Å². The Morgan fingerprint density at radius 3 is 1.65 bits per heavy atom. The molecule has 0 bridgehead atoms. The van der Waals surface area contributed by atoms with Gasteiger partial charge in [-0.05, 0) is 73.0 Å². The van der Waals surface area contributed by atoms with Crippen LogP contribution in [-0.4, -0.2) is 22.3 Å². The summed E-state index contributed by atoms with van der Waals surface area (Å²) >= 11 is 10.8. The third-order valence-corrected chi connectivity index (χ3v) is 4.52. The Hall–Kier alpha value is -3.76. The van der Waals surface area contributed by atoms with Gasteiger partial charge >= 0.3 is 0 Å². The smallest absolute Gasteiger partial charge is 0.269 e. The van der Waals surface area contributed by atoms with Gasteiger partial charge in [0.25, 0.3) is 5.69 Å². The van der Waals surface area contributed by atoms with Crippen molar-refractivity contribution in [3.63, 3.8) is 0 Å². The van der Waals surface area contributed by atoms with Crippen LogP contribution in [0, 0.1) is 10.1 Å². The van der Waals surface area contributed by atoms with Crippen LogP contribution in [0.2, 0.25) is 0 Å². The fourth-order valence-corrected chi connectivity index (χ4v) is 3.07. The summed E-state index contributed by atoms with van der Waals surface area (Å²) in [5.74, 6) is 0.757. The standard InChI is InChI=1S/C21H19N5O3S2/c1-29-17-12-8-15(9-13-17)23-21(31)25-19-5-3-2-4-18(19)24-20(30)22-14-6-10-16(11-7-14)26(27)28/h2-13H,1H3,(H2,22,24,30)(H2,23,25,31). The van der Waals surface area contributed by atoms with E-state index < -0.39 is 4.92 Å². The second-order valence-corrected chi connectivity index (χ2v) is 7.05. The monoisotopic (exact) mass is 453 g/mol. The molecule has 3 aromatic carbocycles. The largest absolute Gasteiger partial charge is 0.497 e. The quantitative estimate of drug-likeness (QED) is 0.227. The number of hydrogen-bond donors (Lipinski definition) is 4. The van der Waals surface area contributed by atoms with Crippen molar-refractivity contribution in [1.29, 1.82) is 0 Å². The van der Waals surface area contributed by atoms with Gasteiger partial charge in [0, 0.05) is 23.5 Å². The van der Waals surface area contributed by atoms with Gasteiger partial charge in [0.2, 0.25) is 0 Å². The van der Waals surface area contributed by atoms with E-state index >= 15 is 0 Å². The van der Waals surface area contributed by atoms with Crippen molar-refractivity contribution in [2.24, 2.45) is 0 Å². The Balaban J connectivity index is 1.61. The molecule has 0 unspecified atom stereocenters. The van der Waals surface area contributed by atoms with Crippen molar-refractivity contribution in [1.82, 2.24) is 0 Å². The Morgan fingerprint density at radius 2 is 1.23 bits per heavy atom. The van der Waals surface area contributed by atoms with Gasteiger partial charge in [0.1, 0.15) is 5.75 Å². The minimum absolute atomic E-state index is 0.0110. The molecule has 0 atom stereocenters. The molecule has 0 amide bonds. The topological polar surface area (TPSA) is 100 Å². The number of hydrogen-bond acceptors (Lipinski definition) is 5. The van der Waals surface area contributed by atoms with Gasteiger partial charge in [-0.25, -0.2) is 0 Å². The second-order valence-electron chi connectivity index (χ2n) is 6.24. The van der Waals surface area contributed by atoms with Crippen molar-refractivity contribution in [2.75, 3.05) is 28.4 Å². The second kappa shape index (κ2) is 10.3. The lowest BCUT2D eigenvalue weighted by atomic mass is 10.2. The Labute approximate surface area is 189 Å². The van der Waals surface area contributed by atoms with Gasteiger partial charge in [0.15, 0.2) is 10.2 Å². The molecule has 0 heterocycles. The third-order valence-electron chi connectivity index (χ3n) is 4.11. The molecule has 0 aliphatic heterocycles. The minimum atomic E-state index is -0.453. The van der Waals surface area contributed by atoms with Crippen LogP contribution in [0.5, 0.6) is 5.75 Å². The Morgan fingerprint density at radius 1 is 0.774 bits per heavy atom. The molecule has 0 aliphatic rings. The molecular weight excluding hydrogens is 434 g/mol. The molecular formula is C21H19N5O3S2. The zero-order valence-electron chi connectivity index (χ0n) is 16.4. The maximum absolute atomic E-state index is 10.8. The number of anilines is 4. The van der Waals surface area contributed by atoms with E-state index in [1.165, 1.54) is 12.1 Å². The van der Waals surface area contributed by atoms with E-state index in [2.05, 4.69) is 21.3 Å². The first-order chi connectivity index (χ1) is 14.9. The molecule has 10 heteroatoms. The van der Waals surface area contributed by atoms with E-state index in [9.17, 15) is 10.1 Å². The average molecular weight is 454 g/mol. The highest BCUT2D eigenvalue weighted by Crippen LogP contribution is 2.23. The highest BCUT2D eigenvalue weighted by Gasteiger charge is 2.08. The van der Waals surface area contributed by atoms with Crippen LogP contribution in [-0.2, 0) is 0 Å². The number of nitro groups is 1. The highest BCUT2D eigenvalue weighted by molar-refractivity contribution is 7.81. The van der Waals surface area contributed by atoms with E-state index in [-0.39, 0.29) is 5.69 Å². The first kappa shape index (κ1) is 21.9. The molecule has 158 valence electrons. The normalized spacial score (nSPS) is 9.97. The summed E-state index contributed by atoms with van der Waals surface area (Å²) in [6.45, 7) is 0. The van der Waals surface area contributed by atoms with Crippen molar-refractivity contribution >= 4 is 63.1 Å². The van der Waals surface area contributed by atoms with Crippen molar-refractivity contribution < 1.29 is 9.66 Å². The van der Waals surface area contributed by atoms with Crippen LogP contribution in [0.3, 0.4) is 0 Å². The molecule has 0 radical (unpaired) electrons. The number of para-hydroxylation sites is 2. The SMILES string of the molecule is COc1ccc(NC(=S)Nc2ccccc2NC(=S)Nc2ccc([N+](=O)[O-])cc2)cc1. The summed E-state index contributed by atoms with van der Waals surface area (Å²) in [5.41, 5.74) is 2.89. The first-order valence-corrected chi connectivity index (χ1v) is 9.90. The zero-order chi connectivity index (χ0) is 22.2. The zero-order valence-corrected chi connectivity index (χ0v) is 18.0. The van der Waals surface area contributed by atoms with E-state index in [4.69, 9.17) is 29.2 Å². The number of benzene rings is 3. The number of thiocarbonyl (C=S) groups is 2. The molecule has 0 saturated heterocycles. The summed E-state index contributed by atoms with van der Waals surface area (Å²) in [6, 6.07) is 20.8. The third kappa shape index (κ3) is 6.36. The molecule has 3 aromatic rings. The van der Waals surface area contributed by atoms with Crippen LogP contribution >= 0.6 is 24.4 Å². The number of ether oxygens (including phenoxy) is 1. The Bertz CT molecular complexity index is 1090. The number of nitro benzene ring substituents is 1. The first-order valence-electron chi connectivity index (χ1n) is 9.08. The molecule has 0 aliphatic carbocycles. The molecule has 3 rings (SSSR count). The Kier molecular flexibility index (Phi) is 7.31. The summed E-state index contributed by atoms with van der Waals surface area (Å²) in [5, 5.41) is 23.9. The number of nitrogens with one attached hydrogen (secondary N) is 4. The van der Waals surface area contributed by atoms with E-state index in [0.29, 0.717) is 21.6 Å². The summed E-state index contributed by atoms with van der Waals surface area (Å²) in [7, 11) is 1.61. The molecule has 0 spiro atoms. The predicted molar refractivity (Wildman–Crippen MR) is 132 cm³/mol. The van der Waals surface area contributed by atoms with Crippen LogP contribution < -0.4 is 26.0 Å². The van der Waals surface area contributed by atoms with Crippen molar-refractivity contribution in [3.05, 3.63) is 82.9 Å². The molecule has 4 N–H and O–H groups in total. The number of rotatable bonds is 6. The fourth-order valence-electron chi connectivity index (χ4n) is 2.61. The van der Waals surface area contributed by atoms with Gasteiger partial charge in [-0.2, -0.15) is 0 Å². The fraction of sp³-hybridized carbons (Fsp3) is 0.0476. The molecule has 0 saturated carbocycles. The van der Waals surface area contributed by atoms with Gasteiger partial charge in [0.05, 0.1) is 23.4 Å². The van der Waals surface area contributed by atoms with Gasteiger partial charge in [-0.1, -0.05) is 12.1 Å². The van der Waals surface area contributed by atoms with Gasteiger partial charge < -0.3 is 26.0 Å². The summed E-state index contributed by atoms with van der Waals surface area (Å²) < 4.78 is 5.15. The number of nitrogens with zero attached hydrogens (tertiary/aromatic N) is 1. The lowest BCUT2D eigenvalue weighted by Gasteiger charge is -2.16. The number of methoxy groups -OCH3 is 1. The molecule has 0 fully saturated rings. The van der Waals surface area contributed by atoms with Gasteiger partial charge in [-0.15, -0.1) is 0 Å². The van der Waals surface area contributed by atoms with E-state index in [0.717, 1.165) is 17.1 Å². The van der Waals surface area contributed by atoms with Crippen LogP contribution in [0.15, 0.2) is 72.8 Å². The van der Waals surface area contributed by atoms with Crippen molar-refractivity contribution in [3.8, 4) is 5.75 Å². The van der Waals surface area contributed by atoms with Gasteiger partial charge in [-0.3, -0.25) is 10.1 Å². The molecule has 31 heavy (non-hydrogen) atoms.